The van der Waals surface area contributed by atoms with Crippen LogP contribution in [0.1, 0.15) is 5.56 Å². The lowest BCUT2D eigenvalue weighted by Crippen LogP contribution is -2.19. The third kappa shape index (κ3) is 5.01. The number of rotatable bonds is 6. The quantitative estimate of drug-likeness (QED) is 0.365. The van der Waals surface area contributed by atoms with E-state index in [1.165, 1.54) is 29.3 Å². The molecular formula is C16H11Cl2N5OS2. The van der Waals surface area contributed by atoms with Gasteiger partial charge in [-0.25, -0.2) is 5.43 Å². The minimum Gasteiger partial charge on any atom is -0.272 e. The van der Waals surface area contributed by atoms with Gasteiger partial charge in [-0.1, -0.05) is 64.5 Å². The second-order valence-corrected chi connectivity index (χ2v) is 7.80. The van der Waals surface area contributed by atoms with Crippen LogP contribution in [0.5, 0.6) is 0 Å². The van der Waals surface area contributed by atoms with E-state index in [-0.39, 0.29) is 11.7 Å². The number of hydrogen-bond acceptors (Lipinski definition) is 7. The van der Waals surface area contributed by atoms with Crippen molar-refractivity contribution in [2.75, 3.05) is 5.75 Å². The first kappa shape index (κ1) is 18.8. The molecule has 10 heteroatoms. The Labute approximate surface area is 167 Å². The number of benzene rings is 1. The highest BCUT2D eigenvalue weighted by atomic mass is 35.5. The van der Waals surface area contributed by atoms with Crippen LogP contribution in [0.15, 0.2) is 52.0 Å². The highest BCUT2D eigenvalue weighted by Gasteiger charge is 2.10. The van der Waals surface area contributed by atoms with Crippen molar-refractivity contribution in [3.63, 3.8) is 0 Å². The highest BCUT2D eigenvalue weighted by molar-refractivity contribution is 8.01. The van der Waals surface area contributed by atoms with Gasteiger partial charge in [0.05, 0.1) is 22.0 Å². The zero-order valence-electron chi connectivity index (χ0n) is 13.1. The molecule has 6 nitrogen and oxygen atoms in total. The standard InChI is InChI=1S/C16H11Cl2N5OS2/c17-11-5-3-4-10(14(11)18)8-20-21-13(24)9-25-16-23-22-15(26-16)12-6-1-2-7-19-12/h1-8H,9H2,(H,21,24)/b20-8-. The number of hydrogen-bond donors (Lipinski definition) is 1. The van der Waals surface area contributed by atoms with Gasteiger partial charge in [0.25, 0.3) is 5.91 Å². The monoisotopic (exact) mass is 423 g/mol. The Morgan fingerprint density at radius 3 is 2.92 bits per heavy atom. The fourth-order valence-electron chi connectivity index (χ4n) is 1.81. The molecule has 1 amide bonds. The van der Waals surface area contributed by atoms with Crippen LogP contribution in [0.3, 0.4) is 0 Å². The Balaban J connectivity index is 1.51. The van der Waals surface area contributed by atoms with E-state index in [4.69, 9.17) is 23.2 Å². The fraction of sp³-hybridized carbons (Fsp3) is 0.0625. The van der Waals surface area contributed by atoms with Crippen LogP contribution in [0.4, 0.5) is 0 Å². The van der Waals surface area contributed by atoms with Crippen LogP contribution in [-0.4, -0.2) is 33.1 Å². The van der Waals surface area contributed by atoms with E-state index in [0.29, 0.717) is 25.0 Å². The van der Waals surface area contributed by atoms with Crippen molar-refractivity contribution in [1.82, 2.24) is 20.6 Å². The van der Waals surface area contributed by atoms with E-state index in [1.54, 1.807) is 24.4 Å². The van der Waals surface area contributed by atoms with Gasteiger partial charge in [0.15, 0.2) is 9.35 Å². The van der Waals surface area contributed by atoms with Crippen molar-refractivity contribution in [2.24, 2.45) is 5.10 Å². The number of nitrogens with one attached hydrogen (secondary N) is 1. The summed E-state index contributed by atoms with van der Waals surface area (Å²) in [6.07, 6.45) is 3.14. The molecule has 0 aliphatic heterocycles. The van der Waals surface area contributed by atoms with Crippen molar-refractivity contribution in [1.29, 1.82) is 0 Å². The van der Waals surface area contributed by atoms with Crippen molar-refractivity contribution < 1.29 is 4.79 Å². The van der Waals surface area contributed by atoms with E-state index in [2.05, 4.69) is 25.7 Å². The Kier molecular flexibility index (Phi) is 6.56. The summed E-state index contributed by atoms with van der Waals surface area (Å²) in [4.78, 5) is 16.1. The number of carbonyl (C=O) groups excluding carboxylic acids is 1. The maximum Gasteiger partial charge on any atom is 0.250 e. The Morgan fingerprint density at radius 2 is 2.12 bits per heavy atom. The van der Waals surface area contributed by atoms with Gasteiger partial charge in [-0.05, 0) is 18.2 Å². The molecule has 1 N–H and O–H groups in total. The minimum absolute atomic E-state index is 0.164. The van der Waals surface area contributed by atoms with E-state index in [0.717, 1.165) is 5.69 Å². The second kappa shape index (κ2) is 9.09. The van der Waals surface area contributed by atoms with Gasteiger partial charge in [-0.15, -0.1) is 10.2 Å². The molecule has 0 saturated heterocycles. The summed E-state index contributed by atoms with van der Waals surface area (Å²) >= 11 is 14.6. The summed E-state index contributed by atoms with van der Waals surface area (Å²) in [5, 5.41) is 13.5. The number of nitrogens with zero attached hydrogens (tertiary/aromatic N) is 4. The van der Waals surface area contributed by atoms with Gasteiger partial charge in [0.1, 0.15) is 5.69 Å². The zero-order valence-corrected chi connectivity index (χ0v) is 16.2. The largest absolute Gasteiger partial charge is 0.272 e. The summed E-state index contributed by atoms with van der Waals surface area (Å²) in [5.41, 5.74) is 3.81. The molecule has 3 aromatic rings. The Morgan fingerprint density at radius 1 is 1.23 bits per heavy atom. The first-order valence-electron chi connectivity index (χ1n) is 7.27. The number of thioether (sulfide) groups is 1. The first-order chi connectivity index (χ1) is 12.6. The van der Waals surface area contributed by atoms with Crippen molar-refractivity contribution in [3.8, 4) is 10.7 Å². The molecule has 0 bridgehead atoms. The third-order valence-electron chi connectivity index (χ3n) is 2.99. The van der Waals surface area contributed by atoms with Crippen LogP contribution < -0.4 is 5.43 Å². The predicted molar refractivity (Wildman–Crippen MR) is 106 cm³/mol. The molecule has 0 saturated carbocycles. The minimum atomic E-state index is -0.265. The highest BCUT2D eigenvalue weighted by Crippen LogP contribution is 2.28. The first-order valence-corrected chi connectivity index (χ1v) is 9.83. The summed E-state index contributed by atoms with van der Waals surface area (Å²) in [6.45, 7) is 0. The third-order valence-corrected chi connectivity index (χ3v) is 5.90. The number of hydrazone groups is 1. The summed E-state index contributed by atoms with van der Waals surface area (Å²) in [7, 11) is 0. The molecule has 26 heavy (non-hydrogen) atoms. The van der Waals surface area contributed by atoms with Crippen molar-refractivity contribution >= 4 is 58.4 Å². The molecular weight excluding hydrogens is 413 g/mol. The van der Waals surface area contributed by atoms with Crippen molar-refractivity contribution in [3.05, 3.63) is 58.2 Å². The molecule has 2 aromatic heterocycles. The SMILES string of the molecule is O=C(CSc1nnc(-c2ccccn2)s1)N/N=C\c1cccc(Cl)c1Cl. The topological polar surface area (TPSA) is 80.1 Å². The number of carbonyl (C=O) groups is 1. The zero-order chi connectivity index (χ0) is 18.4. The molecule has 0 aliphatic carbocycles. The number of amides is 1. The molecule has 0 fully saturated rings. The summed E-state index contributed by atoms with van der Waals surface area (Å²) in [6, 6.07) is 10.8. The van der Waals surface area contributed by atoms with Gasteiger partial charge in [-0.3, -0.25) is 9.78 Å². The molecule has 2 heterocycles. The van der Waals surface area contributed by atoms with E-state index >= 15 is 0 Å². The Hall–Kier alpha value is -2.00. The van der Waals surface area contributed by atoms with Gasteiger partial charge in [0, 0.05) is 11.8 Å². The lowest BCUT2D eigenvalue weighted by Gasteiger charge is -2.00. The van der Waals surface area contributed by atoms with Crippen LogP contribution >= 0.6 is 46.3 Å². The van der Waals surface area contributed by atoms with Crippen LogP contribution in [0.2, 0.25) is 10.0 Å². The number of pyridine rings is 1. The van der Waals surface area contributed by atoms with Gasteiger partial charge >= 0.3 is 0 Å². The van der Waals surface area contributed by atoms with Gasteiger partial charge < -0.3 is 0 Å². The van der Waals surface area contributed by atoms with E-state index in [9.17, 15) is 4.79 Å². The average Bonchev–Trinajstić information content (AvgIpc) is 3.13. The van der Waals surface area contributed by atoms with Gasteiger partial charge in [0.2, 0.25) is 0 Å². The molecule has 0 radical (unpaired) electrons. The molecule has 0 spiro atoms. The Bertz CT molecular complexity index is 933. The van der Waals surface area contributed by atoms with Crippen LogP contribution in [0.25, 0.3) is 10.7 Å². The van der Waals surface area contributed by atoms with E-state index in [1.807, 2.05) is 18.2 Å². The maximum atomic E-state index is 11.9. The molecule has 0 unspecified atom stereocenters. The predicted octanol–water partition coefficient (Wildman–Crippen LogP) is 4.15. The molecule has 3 rings (SSSR count). The fourth-order valence-corrected chi connectivity index (χ4v) is 3.79. The molecule has 1 aromatic carbocycles. The molecule has 0 aliphatic rings. The molecule has 0 atom stereocenters. The number of halogens is 2. The molecule has 132 valence electrons. The number of aromatic nitrogens is 3. The lowest BCUT2D eigenvalue weighted by molar-refractivity contribution is -0.118. The normalized spacial score (nSPS) is 11.0. The summed E-state index contributed by atoms with van der Waals surface area (Å²) in [5.74, 6) is -0.101. The smallest absolute Gasteiger partial charge is 0.250 e. The lowest BCUT2D eigenvalue weighted by atomic mass is 10.2. The van der Waals surface area contributed by atoms with Gasteiger partial charge in [-0.2, -0.15) is 5.10 Å². The average molecular weight is 424 g/mol. The van der Waals surface area contributed by atoms with Crippen LogP contribution in [0, 0.1) is 0 Å². The second-order valence-electron chi connectivity index (χ2n) is 4.81. The maximum absolute atomic E-state index is 11.9. The van der Waals surface area contributed by atoms with Crippen molar-refractivity contribution in [2.45, 2.75) is 4.34 Å². The van der Waals surface area contributed by atoms with Crippen LogP contribution in [-0.2, 0) is 4.79 Å². The van der Waals surface area contributed by atoms with E-state index < -0.39 is 0 Å². The summed E-state index contributed by atoms with van der Waals surface area (Å²) < 4.78 is 0.683.